The quantitative estimate of drug-likeness (QED) is 0.760. The highest BCUT2D eigenvalue weighted by Gasteiger charge is 2.35. The van der Waals surface area contributed by atoms with Crippen LogP contribution >= 0.6 is 0 Å². The van der Waals surface area contributed by atoms with Crippen LogP contribution in [-0.2, 0) is 10.0 Å². The minimum absolute atomic E-state index is 0.209. The molecule has 0 radical (unpaired) electrons. The molecule has 16 heavy (non-hydrogen) atoms. The molecule has 1 N–H and O–H groups in total. The minimum atomic E-state index is -3.75. The number of sulfonamides is 1. The maximum absolute atomic E-state index is 11.8. The van der Waals surface area contributed by atoms with Crippen LogP contribution in [0, 0.1) is 22.7 Å². The SMILES string of the molecule is CCC(C#N)S(=O)(=O)NC(C#N)(CC)CC. The van der Waals surface area contributed by atoms with Gasteiger partial charge in [0.1, 0.15) is 5.54 Å². The maximum Gasteiger partial charge on any atom is 0.229 e. The van der Waals surface area contributed by atoms with Crippen molar-refractivity contribution in [2.24, 2.45) is 0 Å². The molecule has 6 heteroatoms. The lowest BCUT2D eigenvalue weighted by molar-refractivity contribution is 0.444. The van der Waals surface area contributed by atoms with Gasteiger partial charge in [0, 0.05) is 0 Å². The second-order valence-corrected chi connectivity index (χ2v) is 5.44. The molecule has 0 amide bonds. The Balaban J connectivity index is 5.12. The van der Waals surface area contributed by atoms with Crippen LogP contribution in [0.25, 0.3) is 0 Å². The van der Waals surface area contributed by atoms with Crippen LogP contribution in [0.1, 0.15) is 40.0 Å². The van der Waals surface area contributed by atoms with E-state index < -0.39 is 20.8 Å². The van der Waals surface area contributed by atoms with E-state index in [-0.39, 0.29) is 6.42 Å². The van der Waals surface area contributed by atoms with Crippen LogP contribution < -0.4 is 4.72 Å². The summed E-state index contributed by atoms with van der Waals surface area (Å²) >= 11 is 0. The second-order valence-electron chi connectivity index (χ2n) is 3.57. The Hall–Kier alpha value is -1.11. The van der Waals surface area contributed by atoms with Gasteiger partial charge in [0.15, 0.2) is 5.25 Å². The average Bonchev–Trinajstić information content (AvgIpc) is 2.27. The van der Waals surface area contributed by atoms with Crippen LogP contribution in [0.5, 0.6) is 0 Å². The van der Waals surface area contributed by atoms with Gasteiger partial charge in [0.2, 0.25) is 10.0 Å². The van der Waals surface area contributed by atoms with E-state index in [4.69, 9.17) is 10.5 Å². The maximum atomic E-state index is 11.8. The van der Waals surface area contributed by atoms with Gasteiger partial charge in [0.05, 0.1) is 12.1 Å². The summed E-state index contributed by atoms with van der Waals surface area (Å²) in [6.07, 6.45) is 0.961. The van der Waals surface area contributed by atoms with E-state index in [9.17, 15) is 8.42 Å². The number of nitrogens with zero attached hydrogens (tertiary/aromatic N) is 2. The van der Waals surface area contributed by atoms with Crippen LogP contribution in [0.2, 0.25) is 0 Å². The Morgan fingerprint density at radius 1 is 1.25 bits per heavy atom. The zero-order valence-electron chi connectivity index (χ0n) is 9.82. The van der Waals surface area contributed by atoms with Gasteiger partial charge >= 0.3 is 0 Å². The number of nitrogens with one attached hydrogen (secondary N) is 1. The normalized spacial score (nSPS) is 13.8. The van der Waals surface area contributed by atoms with Crippen molar-refractivity contribution in [3.63, 3.8) is 0 Å². The number of nitriles is 2. The van der Waals surface area contributed by atoms with Crippen LogP contribution in [0.15, 0.2) is 0 Å². The van der Waals surface area contributed by atoms with Gasteiger partial charge in [0.25, 0.3) is 0 Å². The highest BCUT2D eigenvalue weighted by molar-refractivity contribution is 7.90. The molecule has 0 aliphatic heterocycles. The third-order valence-electron chi connectivity index (χ3n) is 2.65. The average molecular weight is 243 g/mol. The Morgan fingerprint density at radius 2 is 1.75 bits per heavy atom. The summed E-state index contributed by atoms with van der Waals surface area (Å²) in [5, 5.41) is 16.6. The van der Waals surface area contributed by atoms with Crippen LogP contribution in [0.4, 0.5) is 0 Å². The molecule has 0 aromatic carbocycles. The largest absolute Gasteiger partial charge is 0.229 e. The number of hydrogen-bond acceptors (Lipinski definition) is 4. The monoisotopic (exact) mass is 243 g/mol. The van der Waals surface area contributed by atoms with Crippen molar-refractivity contribution in [3.05, 3.63) is 0 Å². The third-order valence-corrected chi connectivity index (χ3v) is 4.51. The van der Waals surface area contributed by atoms with E-state index in [1.165, 1.54) is 0 Å². The van der Waals surface area contributed by atoms with Crippen molar-refractivity contribution in [2.75, 3.05) is 0 Å². The lowest BCUT2D eigenvalue weighted by Gasteiger charge is -2.25. The molecule has 90 valence electrons. The Kier molecular flexibility index (Phi) is 5.43. The Bertz CT molecular complexity index is 399. The molecule has 0 aliphatic rings. The summed E-state index contributed by atoms with van der Waals surface area (Å²) in [7, 11) is -3.75. The molecule has 0 rings (SSSR count). The smallest absolute Gasteiger partial charge is 0.211 e. The standard InChI is InChI=1S/C10H17N3O2S/c1-4-9(7-11)16(14,15)13-10(5-2,6-3)8-12/h9,13H,4-6H2,1-3H3. The van der Waals surface area contributed by atoms with E-state index in [1.807, 2.05) is 6.07 Å². The van der Waals surface area contributed by atoms with E-state index in [0.717, 1.165) is 0 Å². The predicted molar refractivity (Wildman–Crippen MR) is 60.7 cm³/mol. The molecule has 0 saturated heterocycles. The molecule has 5 nitrogen and oxygen atoms in total. The Labute approximate surface area is 97.1 Å². The highest BCUT2D eigenvalue weighted by atomic mass is 32.2. The summed E-state index contributed by atoms with van der Waals surface area (Å²) in [6.45, 7) is 5.10. The molecule has 1 unspecified atom stereocenters. The van der Waals surface area contributed by atoms with Gasteiger partial charge in [-0.2, -0.15) is 15.2 Å². The van der Waals surface area contributed by atoms with Crippen molar-refractivity contribution in [2.45, 2.75) is 50.8 Å². The summed E-state index contributed by atoms with van der Waals surface area (Å²) in [5.74, 6) is 0. The van der Waals surface area contributed by atoms with E-state index >= 15 is 0 Å². The third kappa shape index (κ3) is 3.19. The zero-order chi connectivity index (χ0) is 12.8. The van der Waals surface area contributed by atoms with Gasteiger partial charge in [-0.1, -0.05) is 20.8 Å². The van der Waals surface area contributed by atoms with Crippen LogP contribution in [-0.4, -0.2) is 19.2 Å². The van der Waals surface area contributed by atoms with Crippen LogP contribution in [0.3, 0.4) is 0 Å². The highest BCUT2D eigenvalue weighted by Crippen LogP contribution is 2.17. The Morgan fingerprint density at radius 3 is 2.00 bits per heavy atom. The first kappa shape index (κ1) is 14.9. The predicted octanol–water partition coefficient (Wildman–Crippen LogP) is 1.29. The van der Waals surface area contributed by atoms with Crippen molar-refractivity contribution in [3.8, 4) is 12.1 Å². The van der Waals surface area contributed by atoms with Gasteiger partial charge < -0.3 is 0 Å². The van der Waals surface area contributed by atoms with Gasteiger partial charge in [-0.05, 0) is 19.3 Å². The first-order valence-corrected chi connectivity index (χ1v) is 6.79. The summed E-state index contributed by atoms with van der Waals surface area (Å²) in [4.78, 5) is 0. The summed E-state index contributed by atoms with van der Waals surface area (Å²) in [5.41, 5.74) is -1.09. The number of hydrogen-bond donors (Lipinski definition) is 1. The summed E-state index contributed by atoms with van der Waals surface area (Å²) in [6, 6.07) is 3.70. The first-order valence-electron chi connectivity index (χ1n) is 5.25. The molecular formula is C10H17N3O2S. The lowest BCUT2D eigenvalue weighted by Crippen LogP contribution is -2.49. The molecule has 1 atom stereocenters. The fraction of sp³-hybridized carbons (Fsp3) is 0.800. The molecule has 0 aromatic rings. The lowest BCUT2D eigenvalue weighted by atomic mass is 9.97. The topological polar surface area (TPSA) is 93.8 Å². The van der Waals surface area contributed by atoms with Crippen molar-refractivity contribution >= 4 is 10.0 Å². The van der Waals surface area contributed by atoms with E-state index in [1.54, 1.807) is 26.8 Å². The first-order chi connectivity index (χ1) is 7.41. The van der Waals surface area contributed by atoms with Crippen molar-refractivity contribution in [1.29, 1.82) is 10.5 Å². The second kappa shape index (κ2) is 5.83. The minimum Gasteiger partial charge on any atom is -0.211 e. The molecule has 0 aromatic heterocycles. The summed E-state index contributed by atoms with van der Waals surface area (Å²) < 4.78 is 25.9. The molecule has 0 bridgehead atoms. The molecule has 0 aliphatic carbocycles. The van der Waals surface area contributed by atoms with Crippen molar-refractivity contribution < 1.29 is 8.42 Å². The number of rotatable bonds is 6. The van der Waals surface area contributed by atoms with Gasteiger partial charge in [-0.15, -0.1) is 0 Å². The van der Waals surface area contributed by atoms with Gasteiger partial charge in [-0.3, -0.25) is 0 Å². The van der Waals surface area contributed by atoms with E-state index in [2.05, 4.69) is 4.72 Å². The van der Waals surface area contributed by atoms with E-state index in [0.29, 0.717) is 12.8 Å². The molecular weight excluding hydrogens is 226 g/mol. The molecule has 0 fully saturated rings. The van der Waals surface area contributed by atoms with Crippen molar-refractivity contribution in [1.82, 2.24) is 4.72 Å². The zero-order valence-corrected chi connectivity index (χ0v) is 10.6. The molecule has 0 heterocycles. The van der Waals surface area contributed by atoms with Gasteiger partial charge in [-0.25, -0.2) is 8.42 Å². The fourth-order valence-electron chi connectivity index (χ4n) is 1.30. The molecule has 0 spiro atoms. The molecule has 0 saturated carbocycles. The fourth-order valence-corrected chi connectivity index (χ4v) is 2.90.